The Hall–Kier alpha value is -1.23. The summed E-state index contributed by atoms with van der Waals surface area (Å²) in [4.78, 5) is 13.0. The van der Waals surface area contributed by atoms with Crippen LogP contribution in [0.1, 0.15) is 18.4 Å². The summed E-state index contributed by atoms with van der Waals surface area (Å²) < 4.78 is 37.3. The molecule has 0 unspecified atom stereocenters. The van der Waals surface area contributed by atoms with Crippen molar-refractivity contribution in [2.45, 2.75) is 19.0 Å². The van der Waals surface area contributed by atoms with Crippen LogP contribution in [0.5, 0.6) is 0 Å². The van der Waals surface area contributed by atoms with Crippen LogP contribution in [-0.4, -0.2) is 18.3 Å². The van der Waals surface area contributed by atoms with E-state index in [0.29, 0.717) is 25.9 Å². The molecule has 0 atom stereocenters. The third kappa shape index (κ3) is 3.41. The summed E-state index contributed by atoms with van der Waals surface area (Å²) in [7, 11) is 0. The van der Waals surface area contributed by atoms with Crippen molar-refractivity contribution in [1.82, 2.24) is 0 Å². The van der Waals surface area contributed by atoms with Crippen LogP contribution < -0.4 is 4.90 Å². The molecule has 0 amide bonds. The van der Waals surface area contributed by atoms with Crippen LogP contribution in [0.3, 0.4) is 0 Å². The summed E-state index contributed by atoms with van der Waals surface area (Å²) in [5, 5.41) is -0.327. The van der Waals surface area contributed by atoms with E-state index in [0.717, 1.165) is 17.8 Å². The molecular weight excluding hydrogens is 279 g/mol. The summed E-state index contributed by atoms with van der Waals surface area (Å²) in [5.41, 5.74) is 0.0931. The minimum atomic E-state index is -4.31. The van der Waals surface area contributed by atoms with Gasteiger partial charge in [0.1, 0.15) is 0 Å². The van der Waals surface area contributed by atoms with E-state index in [-0.39, 0.29) is 11.2 Å². The van der Waals surface area contributed by atoms with Crippen molar-refractivity contribution in [3.05, 3.63) is 29.8 Å². The average molecular weight is 292 g/mol. The summed E-state index contributed by atoms with van der Waals surface area (Å²) in [5.74, 6) is -0.132. The van der Waals surface area contributed by atoms with Crippen molar-refractivity contribution >= 4 is 22.5 Å². The Labute approximate surface area is 114 Å². The quantitative estimate of drug-likeness (QED) is 0.775. The minimum Gasteiger partial charge on any atom is -0.371 e. The van der Waals surface area contributed by atoms with Gasteiger partial charge in [-0.3, -0.25) is 4.79 Å². The van der Waals surface area contributed by atoms with Crippen molar-refractivity contribution < 1.29 is 18.0 Å². The van der Waals surface area contributed by atoms with E-state index in [2.05, 4.69) is 0 Å². The van der Waals surface area contributed by atoms with Crippen LogP contribution in [0.4, 0.5) is 18.9 Å². The van der Waals surface area contributed by atoms with Gasteiger partial charge in [0.25, 0.3) is 0 Å². The van der Waals surface area contributed by atoms with Gasteiger partial charge in [0.15, 0.2) is 0 Å². The van der Waals surface area contributed by atoms with Crippen molar-refractivity contribution in [3.63, 3.8) is 0 Å². The molecule has 2 rings (SSSR count). The Kier molecular flexibility index (Phi) is 4.04. The first-order valence-electron chi connectivity index (χ1n) is 5.99. The van der Waals surface area contributed by atoms with Crippen molar-refractivity contribution in [2.24, 2.45) is 5.92 Å². The van der Waals surface area contributed by atoms with Crippen LogP contribution in [0.2, 0.25) is 0 Å². The zero-order valence-corrected chi connectivity index (χ0v) is 10.8. The summed E-state index contributed by atoms with van der Waals surface area (Å²) in [6.07, 6.45) is -3.02. The fourth-order valence-electron chi connectivity index (χ4n) is 2.23. The number of benzene rings is 1. The topological polar surface area (TPSA) is 20.3 Å². The Morgan fingerprint density at radius 2 is 1.68 bits per heavy atom. The van der Waals surface area contributed by atoms with Gasteiger partial charge in [0.05, 0.1) is 5.56 Å². The van der Waals surface area contributed by atoms with Crippen molar-refractivity contribution in [2.75, 3.05) is 18.0 Å². The van der Waals surface area contributed by atoms with E-state index in [9.17, 15) is 18.0 Å². The first kappa shape index (κ1) is 14.2. The molecule has 0 bridgehead atoms. The maximum Gasteiger partial charge on any atom is 0.416 e. The fraction of sp³-hybridized carbons (Fsp3) is 0.462. The molecule has 0 aliphatic carbocycles. The van der Waals surface area contributed by atoms with Crippen molar-refractivity contribution in [1.29, 1.82) is 0 Å². The van der Waals surface area contributed by atoms with Gasteiger partial charge < -0.3 is 4.90 Å². The summed E-state index contributed by atoms with van der Waals surface area (Å²) in [6.45, 7) is 1.27. The number of anilines is 1. The number of hydrogen-bond acceptors (Lipinski definition) is 2. The second-order valence-corrected chi connectivity index (χ2v) is 4.98. The lowest BCUT2D eigenvalue weighted by Crippen LogP contribution is -2.35. The van der Waals surface area contributed by atoms with Crippen LogP contribution in [0.15, 0.2) is 24.3 Å². The highest BCUT2D eigenvalue weighted by molar-refractivity contribution is 6.64. The number of hydrogen-bond donors (Lipinski definition) is 0. The second-order valence-electron chi connectivity index (χ2n) is 4.61. The fourth-order valence-corrected chi connectivity index (χ4v) is 2.44. The molecule has 1 aromatic rings. The molecule has 104 valence electrons. The third-order valence-corrected chi connectivity index (χ3v) is 3.68. The van der Waals surface area contributed by atoms with Gasteiger partial charge in [-0.1, -0.05) is 0 Å². The molecule has 1 aliphatic heterocycles. The number of nitrogens with zero attached hydrogens (tertiary/aromatic N) is 1. The Morgan fingerprint density at radius 3 is 2.11 bits per heavy atom. The van der Waals surface area contributed by atoms with Gasteiger partial charge in [0, 0.05) is 24.7 Å². The number of halogens is 4. The Bertz CT molecular complexity index is 450. The lowest BCUT2D eigenvalue weighted by atomic mass is 9.98. The van der Waals surface area contributed by atoms with E-state index in [4.69, 9.17) is 11.6 Å². The number of alkyl halides is 3. The molecule has 2 nitrogen and oxygen atoms in total. The van der Waals surface area contributed by atoms with E-state index >= 15 is 0 Å². The van der Waals surface area contributed by atoms with Gasteiger partial charge >= 0.3 is 6.18 Å². The van der Waals surface area contributed by atoms with Crippen LogP contribution in [0, 0.1) is 5.92 Å². The lowest BCUT2D eigenvalue weighted by Gasteiger charge is -2.32. The maximum absolute atomic E-state index is 12.4. The molecule has 0 saturated carbocycles. The van der Waals surface area contributed by atoms with Gasteiger partial charge in [-0.15, -0.1) is 0 Å². The van der Waals surface area contributed by atoms with Crippen LogP contribution >= 0.6 is 11.6 Å². The van der Waals surface area contributed by atoms with Crippen molar-refractivity contribution in [3.8, 4) is 0 Å². The zero-order valence-electron chi connectivity index (χ0n) is 10.1. The van der Waals surface area contributed by atoms with E-state index in [1.807, 2.05) is 4.90 Å². The van der Waals surface area contributed by atoms with Crippen LogP contribution in [-0.2, 0) is 11.0 Å². The molecule has 0 spiro atoms. The van der Waals surface area contributed by atoms with Crippen LogP contribution in [0.25, 0.3) is 0 Å². The van der Waals surface area contributed by atoms with Gasteiger partial charge in [-0.2, -0.15) is 13.2 Å². The number of carbonyl (C=O) groups excluding carboxylic acids is 1. The third-order valence-electron chi connectivity index (χ3n) is 3.38. The molecule has 0 aromatic heterocycles. The smallest absolute Gasteiger partial charge is 0.371 e. The van der Waals surface area contributed by atoms with E-state index < -0.39 is 11.7 Å². The summed E-state index contributed by atoms with van der Waals surface area (Å²) in [6, 6.07) is 5.08. The number of rotatable bonds is 2. The monoisotopic (exact) mass is 291 g/mol. The molecule has 1 aliphatic rings. The zero-order chi connectivity index (χ0) is 14.0. The predicted octanol–water partition coefficient (Wildman–Crippen LogP) is 3.69. The minimum absolute atomic E-state index is 0.132. The number of piperidine rings is 1. The highest BCUT2D eigenvalue weighted by atomic mass is 35.5. The highest BCUT2D eigenvalue weighted by Crippen LogP contribution is 2.31. The molecule has 1 aromatic carbocycles. The molecule has 0 N–H and O–H groups in total. The van der Waals surface area contributed by atoms with E-state index in [1.165, 1.54) is 12.1 Å². The van der Waals surface area contributed by atoms with Gasteiger partial charge in [0.2, 0.25) is 5.24 Å². The first-order valence-corrected chi connectivity index (χ1v) is 6.37. The normalized spacial score (nSPS) is 17.6. The maximum atomic E-state index is 12.4. The standard InChI is InChI=1S/C13H13ClF3NO/c14-12(19)9-5-7-18(8-6-9)11-3-1-10(2-4-11)13(15,16)17/h1-4,9H,5-8H2. The number of carbonyl (C=O) groups is 1. The average Bonchev–Trinajstić information content (AvgIpc) is 2.38. The molecule has 1 heterocycles. The predicted molar refractivity (Wildman–Crippen MR) is 67.2 cm³/mol. The lowest BCUT2D eigenvalue weighted by molar-refractivity contribution is -0.137. The Morgan fingerprint density at radius 1 is 1.16 bits per heavy atom. The molecular formula is C13H13ClF3NO. The molecule has 6 heteroatoms. The van der Waals surface area contributed by atoms with E-state index in [1.54, 1.807) is 0 Å². The summed E-state index contributed by atoms with van der Waals surface area (Å²) >= 11 is 5.44. The van der Waals surface area contributed by atoms with Gasteiger partial charge in [-0.05, 0) is 48.7 Å². The Balaban J connectivity index is 2.02. The molecule has 0 radical (unpaired) electrons. The highest BCUT2D eigenvalue weighted by Gasteiger charge is 2.30. The first-order chi connectivity index (χ1) is 8.88. The molecule has 1 fully saturated rings. The largest absolute Gasteiger partial charge is 0.416 e. The molecule has 19 heavy (non-hydrogen) atoms. The molecule has 1 saturated heterocycles. The van der Waals surface area contributed by atoms with Gasteiger partial charge in [-0.25, -0.2) is 0 Å². The SMILES string of the molecule is O=C(Cl)C1CCN(c2ccc(C(F)(F)F)cc2)CC1. The second kappa shape index (κ2) is 5.41.